The Morgan fingerprint density at radius 1 is 1.26 bits per heavy atom. The molecule has 188 valence electrons. The number of aryl methyl sites for hydroxylation is 1. The highest BCUT2D eigenvalue weighted by atomic mass is 32.1. The van der Waals surface area contributed by atoms with E-state index in [-0.39, 0.29) is 31.2 Å². The second-order valence-electron chi connectivity index (χ2n) is 9.04. The van der Waals surface area contributed by atoms with E-state index in [0.29, 0.717) is 32.8 Å². The predicted octanol–water partition coefficient (Wildman–Crippen LogP) is 3.30. The van der Waals surface area contributed by atoms with E-state index in [1.807, 2.05) is 54.8 Å². The number of ether oxygens (including phenoxy) is 3. The lowest BCUT2D eigenvalue weighted by Gasteiger charge is -2.37. The first-order valence-corrected chi connectivity index (χ1v) is 12.8. The molecule has 1 aromatic carbocycles. The van der Waals surface area contributed by atoms with Crippen LogP contribution < -0.4 is 4.74 Å². The van der Waals surface area contributed by atoms with Crippen molar-refractivity contribution < 1.29 is 24.1 Å². The molecule has 1 N–H and O–H groups in total. The number of benzene rings is 1. The van der Waals surface area contributed by atoms with E-state index in [1.54, 1.807) is 18.4 Å². The first-order valence-electron chi connectivity index (χ1n) is 11.9. The maximum Gasteiger partial charge on any atom is 0.237 e. The molecule has 2 aromatic rings. The van der Waals surface area contributed by atoms with Gasteiger partial charge in [-0.15, -0.1) is 11.3 Å². The lowest BCUT2D eigenvalue weighted by atomic mass is 10.0. The van der Waals surface area contributed by atoms with Gasteiger partial charge in [-0.3, -0.25) is 9.69 Å². The number of hydrogen-bond donors (Lipinski definition) is 1. The fourth-order valence-electron chi connectivity index (χ4n) is 4.08. The molecule has 2 heterocycles. The molecule has 7 nitrogen and oxygen atoms in total. The van der Waals surface area contributed by atoms with Gasteiger partial charge < -0.3 is 24.2 Å². The van der Waals surface area contributed by atoms with Gasteiger partial charge in [0, 0.05) is 31.6 Å². The van der Waals surface area contributed by atoms with E-state index >= 15 is 0 Å². The monoisotopic (exact) mass is 490 g/mol. The lowest BCUT2D eigenvalue weighted by Crippen LogP contribution is -2.48. The zero-order valence-electron chi connectivity index (χ0n) is 20.7. The number of hydrogen-bond acceptors (Lipinski definition) is 7. The van der Waals surface area contributed by atoms with Crippen LogP contribution >= 0.6 is 11.3 Å². The number of amides is 1. The quantitative estimate of drug-likeness (QED) is 0.465. The molecule has 1 aliphatic rings. The zero-order valence-corrected chi connectivity index (χ0v) is 21.6. The predicted molar refractivity (Wildman–Crippen MR) is 135 cm³/mol. The van der Waals surface area contributed by atoms with Crippen molar-refractivity contribution in [3.63, 3.8) is 0 Å². The summed E-state index contributed by atoms with van der Waals surface area (Å²) in [6, 6.07) is 9.95. The maximum absolute atomic E-state index is 13.5. The molecular formula is C26H38N2O5S. The molecular weight excluding hydrogens is 452 g/mol. The van der Waals surface area contributed by atoms with E-state index in [1.165, 1.54) is 16.0 Å². The molecule has 1 aliphatic heterocycles. The molecule has 1 aromatic heterocycles. The Morgan fingerprint density at radius 3 is 2.74 bits per heavy atom. The zero-order chi connectivity index (χ0) is 24.5. The maximum atomic E-state index is 13.5. The van der Waals surface area contributed by atoms with E-state index < -0.39 is 6.10 Å². The van der Waals surface area contributed by atoms with Crippen LogP contribution in [0.2, 0.25) is 0 Å². The fourth-order valence-corrected chi connectivity index (χ4v) is 5.00. The van der Waals surface area contributed by atoms with Gasteiger partial charge in [-0.05, 0) is 56.3 Å². The number of carbonyl (C=O) groups is 1. The molecule has 0 bridgehead atoms. The number of aliphatic hydroxyl groups excluding tert-OH is 1. The SMILES string of the molecule is COCCN(CC(=O)N1CCc2sccc2[C@@H]1COc1ccc(C)cc1)C[C@@H](O)COC(C)C. The van der Waals surface area contributed by atoms with Crippen molar-refractivity contribution in [2.75, 3.05) is 53.1 Å². The molecule has 8 heteroatoms. The molecule has 1 amide bonds. The molecule has 0 aliphatic carbocycles. The molecule has 0 spiro atoms. The number of fused-ring (bicyclic) bond motifs is 1. The Bertz CT molecular complexity index is 886. The largest absolute Gasteiger partial charge is 0.491 e. The molecule has 0 saturated carbocycles. The molecule has 2 atom stereocenters. The van der Waals surface area contributed by atoms with Gasteiger partial charge in [0.1, 0.15) is 12.4 Å². The average Bonchev–Trinajstić information content (AvgIpc) is 3.29. The Balaban J connectivity index is 1.68. The van der Waals surface area contributed by atoms with Gasteiger partial charge in [-0.25, -0.2) is 0 Å². The van der Waals surface area contributed by atoms with E-state index in [9.17, 15) is 9.90 Å². The lowest BCUT2D eigenvalue weighted by molar-refractivity contribution is -0.136. The highest BCUT2D eigenvalue weighted by Gasteiger charge is 2.33. The van der Waals surface area contributed by atoms with Crippen molar-refractivity contribution in [3.8, 4) is 5.75 Å². The summed E-state index contributed by atoms with van der Waals surface area (Å²) >= 11 is 1.74. The second-order valence-corrected chi connectivity index (χ2v) is 10.0. The summed E-state index contributed by atoms with van der Waals surface area (Å²) in [4.78, 5) is 18.7. The molecule has 0 radical (unpaired) electrons. The highest BCUT2D eigenvalue weighted by molar-refractivity contribution is 7.10. The summed E-state index contributed by atoms with van der Waals surface area (Å²) in [6.07, 6.45) is 0.228. The van der Waals surface area contributed by atoms with Crippen molar-refractivity contribution in [2.45, 2.75) is 45.4 Å². The summed E-state index contributed by atoms with van der Waals surface area (Å²) in [5.41, 5.74) is 2.35. The van der Waals surface area contributed by atoms with Gasteiger partial charge in [0.25, 0.3) is 0 Å². The number of carbonyl (C=O) groups excluding carboxylic acids is 1. The Hall–Kier alpha value is -1.97. The van der Waals surface area contributed by atoms with Crippen LogP contribution in [-0.4, -0.2) is 86.1 Å². The molecule has 0 unspecified atom stereocenters. The molecule has 3 rings (SSSR count). The third kappa shape index (κ3) is 7.78. The standard InChI is InChI=1S/C26H38N2O5S/c1-19(2)32-17-21(29)15-27(12-13-31-4)16-26(30)28-11-9-25-23(10-14-34-25)24(28)18-33-22-7-5-20(3)6-8-22/h5-8,10,14,19,21,24,29H,9,11-13,15-18H2,1-4H3/t21-,24+/m1/s1. The topological polar surface area (TPSA) is 71.5 Å². The van der Waals surface area contributed by atoms with Gasteiger partial charge in [-0.2, -0.15) is 0 Å². The number of nitrogens with zero attached hydrogens (tertiary/aromatic N) is 2. The van der Waals surface area contributed by atoms with Crippen LogP contribution in [0.5, 0.6) is 5.75 Å². The summed E-state index contributed by atoms with van der Waals surface area (Å²) in [5, 5.41) is 12.5. The van der Waals surface area contributed by atoms with Crippen LogP contribution in [0.4, 0.5) is 0 Å². The number of thiophene rings is 1. The van der Waals surface area contributed by atoms with Gasteiger partial charge in [0.2, 0.25) is 5.91 Å². The number of methoxy groups -OCH3 is 1. The minimum Gasteiger partial charge on any atom is -0.491 e. The van der Waals surface area contributed by atoms with Crippen molar-refractivity contribution in [1.29, 1.82) is 0 Å². The second kappa shape index (κ2) is 13.2. The fraction of sp³-hybridized carbons (Fsp3) is 0.577. The van der Waals surface area contributed by atoms with Crippen molar-refractivity contribution in [3.05, 3.63) is 51.7 Å². The van der Waals surface area contributed by atoms with Gasteiger partial charge >= 0.3 is 0 Å². The van der Waals surface area contributed by atoms with Gasteiger partial charge in [0.15, 0.2) is 0 Å². The first kappa shape index (κ1) is 26.6. The van der Waals surface area contributed by atoms with Crippen molar-refractivity contribution in [2.24, 2.45) is 0 Å². The summed E-state index contributed by atoms with van der Waals surface area (Å²) in [5.74, 6) is 0.831. The molecule has 0 saturated heterocycles. The number of rotatable bonds is 13. The van der Waals surface area contributed by atoms with Crippen LogP contribution in [-0.2, 0) is 20.7 Å². The summed E-state index contributed by atoms with van der Waals surface area (Å²) in [6.45, 7) is 8.83. The van der Waals surface area contributed by atoms with E-state index in [4.69, 9.17) is 14.2 Å². The Labute approximate surface area is 207 Å². The smallest absolute Gasteiger partial charge is 0.237 e. The third-order valence-electron chi connectivity index (χ3n) is 5.91. The normalized spacial score (nSPS) is 16.7. The molecule has 0 fully saturated rings. The molecule has 34 heavy (non-hydrogen) atoms. The summed E-state index contributed by atoms with van der Waals surface area (Å²) < 4.78 is 16.9. The Kier molecular flexibility index (Phi) is 10.3. The summed E-state index contributed by atoms with van der Waals surface area (Å²) in [7, 11) is 1.64. The van der Waals surface area contributed by atoms with Crippen LogP contribution in [0, 0.1) is 6.92 Å². The highest BCUT2D eigenvalue weighted by Crippen LogP contribution is 2.34. The van der Waals surface area contributed by atoms with Gasteiger partial charge in [-0.1, -0.05) is 17.7 Å². The van der Waals surface area contributed by atoms with E-state index in [2.05, 4.69) is 11.4 Å². The average molecular weight is 491 g/mol. The van der Waals surface area contributed by atoms with Crippen LogP contribution in [0.1, 0.15) is 35.9 Å². The number of aliphatic hydroxyl groups is 1. The first-order chi connectivity index (χ1) is 16.4. The minimum atomic E-state index is -0.669. The van der Waals surface area contributed by atoms with Crippen LogP contribution in [0.25, 0.3) is 0 Å². The van der Waals surface area contributed by atoms with Gasteiger partial charge in [0.05, 0.1) is 38.0 Å². The van der Waals surface area contributed by atoms with Crippen molar-refractivity contribution in [1.82, 2.24) is 9.80 Å². The minimum absolute atomic E-state index is 0.0300. The van der Waals surface area contributed by atoms with Crippen LogP contribution in [0.15, 0.2) is 35.7 Å². The Morgan fingerprint density at radius 2 is 2.03 bits per heavy atom. The third-order valence-corrected chi connectivity index (χ3v) is 6.90. The van der Waals surface area contributed by atoms with E-state index in [0.717, 1.165) is 12.2 Å². The van der Waals surface area contributed by atoms with Crippen LogP contribution in [0.3, 0.4) is 0 Å². The van der Waals surface area contributed by atoms with Crippen molar-refractivity contribution >= 4 is 17.2 Å².